The van der Waals surface area contributed by atoms with Crippen molar-refractivity contribution in [3.63, 3.8) is 0 Å². The van der Waals surface area contributed by atoms with Gasteiger partial charge < -0.3 is 33.8 Å². The van der Waals surface area contributed by atoms with Crippen molar-refractivity contribution in [1.82, 2.24) is 0 Å². The SMILES string of the molecule is CC(C)CCCCCCCCCCCCCCCCCCCCC(=O)OC[C@H](COP(=O)(O)OCC(O)COP(=O)(O)OC[C@@H](COC(=O)CCCCCCCCCC(C)C)OC(=O)CCCCCCCCCCCCCCCCCC(C)C)OC(=O)CCCCCCCCC(C)C. The largest absolute Gasteiger partial charge is 0.472 e. The number of aliphatic hydroxyl groups excluding tert-OH is 1. The summed E-state index contributed by atoms with van der Waals surface area (Å²) in [6.45, 7) is 14.1. The van der Waals surface area contributed by atoms with Crippen LogP contribution in [0.3, 0.4) is 0 Å². The molecule has 582 valence electrons. The first-order chi connectivity index (χ1) is 47.1. The number of rotatable bonds is 76. The predicted octanol–water partition coefficient (Wildman–Crippen LogP) is 23.2. The Morgan fingerprint density at radius 2 is 0.429 bits per heavy atom. The van der Waals surface area contributed by atoms with Crippen LogP contribution in [0.1, 0.15) is 402 Å². The summed E-state index contributed by atoms with van der Waals surface area (Å²) in [5.74, 6) is 0.877. The Morgan fingerprint density at radius 1 is 0.255 bits per heavy atom. The summed E-state index contributed by atoms with van der Waals surface area (Å²) < 4.78 is 68.5. The Balaban J connectivity index is 5.11. The second-order valence-electron chi connectivity index (χ2n) is 30.4. The zero-order chi connectivity index (χ0) is 72.4. The fraction of sp³-hybridized carbons (Fsp3) is 0.949. The monoisotopic (exact) mass is 1440 g/mol. The number of phosphoric acid groups is 2. The number of unbranched alkanes of at least 4 members (excludes halogenated alkanes) is 42. The third-order valence-electron chi connectivity index (χ3n) is 18.3. The molecule has 0 amide bonds. The van der Waals surface area contributed by atoms with Gasteiger partial charge in [-0.2, -0.15) is 0 Å². The number of carbonyl (C=O) groups is 4. The van der Waals surface area contributed by atoms with Gasteiger partial charge in [0.1, 0.15) is 19.3 Å². The van der Waals surface area contributed by atoms with Crippen LogP contribution in [0.4, 0.5) is 0 Å². The predicted molar refractivity (Wildman–Crippen MR) is 400 cm³/mol. The van der Waals surface area contributed by atoms with Gasteiger partial charge in [-0.05, 0) is 49.4 Å². The third-order valence-corrected chi connectivity index (χ3v) is 20.2. The Labute approximate surface area is 600 Å². The van der Waals surface area contributed by atoms with Crippen LogP contribution in [0.5, 0.6) is 0 Å². The zero-order valence-electron chi connectivity index (χ0n) is 64.4. The van der Waals surface area contributed by atoms with Gasteiger partial charge in [-0.3, -0.25) is 37.3 Å². The molecule has 0 radical (unpaired) electrons. The van der Waals surface area contributed by atoms with E-state index < -0.39 is 97.5 Å². The van der Waals surface area contributed by atoms with Crippen molar-refractivity contribution >= 4 is 39.5 Å². The Hall–Kier alpha value is -1.94. The zero-order valence-corrected chi connectivity index (χ0v) is 66.2. The van der Waals surface area contributed by atoms with E-state index in [0.717, 1.165) is 108 Å². The Morgan fingerprint density at radius 3 is 0.633 bits per heavy atom. The summed E-state index contributed by atoms with van der Waals surface area (Å²) in [7, 11) is -9.91. The first kappa shape index (κ1) is 96.1. The highest BCUT2D eigenvalue weighted by Gasteiger charge is 2.30. The van der Waals surface area contributed by atoms with Crippen molar-refractivity contribution in [3.05, 3.63) is 0 Å². The molecule has 0 aliphatic carbocycles. The van der Waals surface area contributed by atoms with E-state index in [-0.39, 0.29) is 25.7 Å². The van der Waals surface area contributed by atoms with E-state index in [1.807, 2.05) is 0 Å². The average molecular weight is 1440 g/mol. The van der Waals surface area contributed by atoms with E-state index in [0.29, 0.717) is 37.5 Å². The second kappa shape index (κ2) is 68.2. The summed E-state index contributed by atoms with van der Waals surface area (Å²) in [4.78, 5) is 72.8. The summed E-state index contributed by atoms with van der Waals surface area (Å²) in [6, 6.07) is 0. The molecule has 98 heavy (non-hydrogen) atoms. The average Bonchev–Trinajstić information content (AvgIpc) is 1.51. The number of carbonyl (C=O) groups excluding carboxylic acids is 4. The normalized spacial score (nSPS) is 14.1. The quantitative estimate of drug-likeness (QED) is 0.0222. The number of esters is 4. The van der Waals surface area contributed by atoms with Gasteiger partial charge in [0.05, 0.1) is 26.4 Å². The summed E-state index contributed by atoms with van der Waals surface area (Å²) in [6.07, 6.45) is 54.6. The van der Waals surface area contributed by atoms with E-state index in [4.69, 9.17) is 37.0 Å². The molecule has 0 saturated carbocycles. The molecule has 0 saturated heterocycles. The molecule has 0 aromatic rings. The van der Waals surface area contributed by atoms with Crippen molar-refractivity contribution in [3.8, 4) is 0 Å². The molecule has 0 bridgehead atoms. The molecule has 0 fully saturated rings. The standard InChI is InChI=1S/C79H154O17P2/c1-69(2)55-47-39-31-26-22-18-14-11-9-10-12-16-20-24-28-34-43-51-59-76(81)89-66-75(96-79(84)62-54-46-38-37-42-50-58-72(7)8)68-94-98(87,88)92-64-73(80)63-91-97(85,86)93-67-74(65-90-77(82)60-52-44-36-30-33-41-49-57-71(5)6)95-78(83)61-53-45-35-29-25-21-17-13-15-19-23-27-32-40-48-56-70(3)4/h69-75,80H,9-68H2,1-8H3,(H,85,86)(H,87,88)/t73?,74-,75-/m1/s1. The molecular formula is C79H154O17P2. The van der Waals surface area contributed by atoms with Crippen LogP contribution in [0.2, 0.25) is 0 Å². The molecular weight excluding hydrogens is 1280 g/mol. The Kier molecular flexibility index (Phi) is 66.8. The topological polar surface area (TPSA) is 237 Å². The summed E-state index contributed by atoms with van der Waals surface area (Å²) in [5, 5.41) is 10.6. The van der Waals surface area contributed by atoms with E-state index in [1.54, 1.807) is 0 Å². The number of ether oxygens (including phenoxy) is 4. The second-order valence-corrected chi connectivity index (χ2v) is 33.3. The number of aliphatic hydroxyl groups is 1. The first-order valence-electron chi connectivity index (χ1n) is 40.7. The summed E-state index contributed by atoms with van der Waals surface area (Å²) >= 11 is 0. The lowest BCUT2D eigenvalue weighted by molar-refractivity contribution is -0.161. The van der Waals surface area contributed by atoms with Gasteiger partial charge in [0.2, 0.25) is 0 Å². The van der Waals surface area contributed by atoms with Crippen LogP contribution in [-0.2, 0) is 65.4 Å². The van der Waals surface area contributed by atoms with Gasteiger partial charge in [-0.15, -0.1) is 0 Å². The van der Waals surface area contributed by atoms with Gasteiger partial charge in [-0.25, -0.2) is 9.13 Å². The number of hydrogen-bond donors (Lipinski definition) is 3. The van der Waals surface area contributed by atoms with Crippen LogP contribution in [-0.4, -0.2) is 96.7 Å². The van der Waals surface area contributed by atoms with Gasteiger partial charge in [-0.1, -0.05) is 351 Å². The Bertz CT molecular complexity index is 1920. The van der Waals surface area contributed by atoms with Gasteiger partial charge in [0, 0.05) is 25.7 Å². The molecule has 0 aromatic carbocycles. The lowest BCUT2D eigenvalue weighted by atomic mass is 10.0. The molecule has 0 spiro atoms. The smallest absolute Gasteiger partial charge is 0.462 e. The van der Waals surface area contributed by atoms with Crippen LogP contribution >= 0.6 is 15.6 Å². The van der Waals surface area contributed by atoms with Crippen LogP contribution < -0.4 is 0 Å². The van der Waals surface area contributed by atoms with Gasteiger partial charge in [0.25, 0.3) is 0 Å². The first-order valence-corrected chi connectivity index (χ1v) is 43.7. The number of phosphoric ester groups is 2. The summed E-state index contributed by atoms with van der Waals surface area (Å²) in [5.41, 5.74) is 0. The maximum absolute atomic E-state index is 13.1. The van der Waals surface area contributed by atoms with E-state index >= 15 is 0 Å². The molecule has 17 nitrogen and oxygen atoms in total. The lowest BCUT2D eigenvalue weighted by Gasteiger charge is -2.21. The minimum atomic E-state index is -4.96. The fourth-order valence-corrected chi connectivity index (χ4v) is 13.7. The van der Waals surface area contributed by atoms with E-state index in [9.17, 15) is 43.2 Å². The molecule has 5 atom stereocenters. The van der Waals surface area contributed by atoms with Crippen molar-refractivity contribution in [1.29, 1.82) is 0 Å². The van der Waals surface area contributed by atoms with E-state index in [1.165, 1.54) is 199 Å². The van der Waals surface area contributed by atoms with Gasteiger partial charge in [0.15, 0.2) is 12.2 Å². The molecule has 3 unspecified atom stereocenters. The number of hydrogen-bond acceptors (Lipinski definition) is 15. The van der Waals surface area contributed by atoms with E-state index in [2.05, 4.69) is 55.4 Å². The fourth-order valence-electron chi connectivity index (χ4n) is 12.1. The molecule has 19 heteroatoms. The molecule has 0 rings (SSSR count). The van der Waals surface area contributed by atoms with Crippen molar-refractivity contribution in [2.45, 2.75) is 420 Å². The highest BCUT2D eigenvalue weighted by Crippen LogP contribution is 2.45. The molecule has 0 heterocycles. The maximum Gasteiger partial charge on any atom is 0.472 e. The molecule has 3 N–H and O–H groups in total. The minimum Gasteiger partial charge on any atom is -0.462 e. The maximum atomic E-state index is 13.1. The van der Waals surface area contributed by atoms with Crippen molar-refractivity contribution in [2.24, 2.45) is 23.7 Å². The highest BCUT2D eigenvalue weighted by atomic mass is 31.2. The molecule has 0 aliphatic heterocycles. The highest BCUT2D eigenvalue weighted by molar-refractivity contribution is 7.47. The van der Waals surface area contributed by atoms with Crippen molar-refractivity contribution in [2.75, 3.05) is 39.6 Å². The van der Waals surface area contributed by atoms with Gasteiger partial charge >= 0.3 is 39.5 Å². The molecule has 0 aliphatic rings. The lowest BCUT2D eigenvalue weighted by Crippen LogP contribution is -2.30. The van der Waals surface area contributed by atoms with Crippen molar-refractivity contribution < 1.29 is 80.2 Å². The van der Waals surface area contributed by atoms with Crippen LogP contribution in [0, 0.1) is 23.7 Å². The molecule has 0 aromatic heterocycles. The van der Waals surface area contributed by atoms with Crippen LogP contribution in [0.15, 0.2) is 0 Å². The minimum absolute atomic E-state index is 0.102. The van der Waals surface area contributed by atoms with Crippen LogP contribution in [0.25, 0.3) is 0 Å². The third kappa shape index (κ3) is 72.4.